The first-order valence-electron chi connectivity index (χ1n) is 8.49. The molecule has 0 aromatic carbocycles. The molecule has 1 fully saturated rings. The van der Waals surface area contributed by atoms with Gasteiger partial charge in [-0.05, 0) is 69.3 Å². The minimum atomic E-state index is -0.462. The van der Waals surface area contributed by atoms with Crippen molar-refractivity contribution in [3.05, 3.63) is 36.5 Å². The van der Waals surface area contributed by atoms with Crippen LogP contribution in [0.2, 0.25) is 0 Å². The van der Waals surface area contributed by atoms with Crippen molar-refractivity contribution >= 4 is 0 Å². The number of rotatable bonds is 3. The minimum Gasteiger partial charge on any atom is -0.390 e. The molecular formula is C20H32O2. The van der Waals surface area contributed by atoms with Crippen molar-refractivity contribution in [2.24, 2.45) is 17.3 Å². The molecule has 1 aliphatic heterocycles. The third kappa shape index (κ3) is 3.38. The van der Waals surface area contributed by atoms with Crippen molar-refractivity contribution in [1.29, 1.82) is 0 Å². The van der Waals surface area contributed by atoms with Crippen LogP contribution >= 0.6 is 0 Å². The molecular weight excluding hydrogens is 272 g/mol. The highest BCUT2D eigenvalue weighted by Gasteiger charge is 2.40. The molecule has 1 N–H and O–H groups in total. The summed E-state index contributed by atoms with van der Waals surface area (Å²) in [6.45, 7) is 17.3. The maximum absolute atomic E-state index is 10.2. The van der Waals surface area contributed by atoms with E-state index in [0.29, 0.717) is 24.9 Å². The summed E-state index contributed by atoms with van der Waals surface area (Å²) in [6, 6.07) is 0. The molecule has 2 rings (SSSR count). The first-order chi connectivity index (χ1) is 10.2. The summed E-state index contributed by atoms with van der Waals surface area (Å²) < 4.78 is 5.98. The van der Waals surface area contributed by atoms with E-state index in [2.05, 4.69) is 39.2 Å². The molecule has 22 heavy (non-hydrogen) atoms. The Bertz CT molecular complexity index is 474. The van der Waals surface area contributed by atoms with Gasteiger partial charge in [-0.15, -0.1) is 6.58 Å². The quantitative estimate of drug-likeness (QED) is 0.769. The Hall–Kier alpha value is -0.860. The number of aliphatic hydroxyl groups excluding tert-OH is 1. The summed E-state index contributed by atoms with van der Waals surface area (Å²) in [5.74, 6) is 1.02. The van der Waals surface area contributed by atoms with Crippen molar-refractivity contribution < 1.29 is 9.84 Å². The van der Waals surface area contributed by atoms with Gasteiger partial charge in [-0.3, -0.25) is 0 Å². The average molecular weight is 304 g/mol. The fraction of sp³-hybridized carbons (Fsp3) is 0.700. The molecule has 0 spiro atoms. The number of hydrogen-bond acceptors (Lipinski definition) is 2. The molecule has 1 heterocycles. The Morgan fingerprint density at radius 1 is 1.41 bits per heavy atom. The molecule has 1 saturated carbocycles. The second-order valence-electron chi connectivity index (χ2n) is 8.00. The summed E-state index contributed by atoms with van der Waals surface area (Å²) in [7, 11) is 0. The Labute approximate surface area is 136 Å². The summed E-state index contributed by atoms with van der Waals surface area (Å²) >= 11 is 0. The predicted octanol–water partition coefficient (Wildman–Crippen LogP) is 4.66. The highest BCUT2D eigenvalue weighted by molar-refractivity contribution is 5.18. The van der Waals surface area contributed by atoms with E-state index in [9.17, 15) is 5.11 Å². The third-order valence-electron chi connectivity index (χ3n) is 5.95. The molecule has 124 valence electrons. The van der Waals surface area contributed by atoms with Gasteiger partial charge in [0.1, 0.15) is 0 Å². The van der Waals surface area contributed by atoms with Crippen LogP contribution in [0, 0.1) is 17.3 Å². The Kier molecular flexibility index (Phi) is 5.03. The van der Waals surface area contributed by atoms with Gasteiger partial charge in [0.25, 0.3) is 0 Å². The monoisotopic (exact) mass is 304 g/mol. The van der Waals surface area contributed by atoms with Crippen LogP contribution in [0.4, 0.5) is 0 Å². The fourth-order valence-electron chi connectivity index (χ4n) is 3.93. The maximum Gasteiger partial charge on any atom is 0.0891 e. The smallest absolute Gasteiger partial charge is 0.0891 e. The van der Waals surface area contributed by atoms with Crippen LogP contribution in [-0.4, -0.2) is 23.4 Å². The second-order valence-corrected chi connectivity index (χ2v) is 8.00. The standard InChI is InChI=1S/C20H32O2/c1-7-20(6)11-10-15(12-17(20)14(2)3)16-8-9-18(21)19(4,5)22-13-16/h7-8,15,17-18,21H,1-2,9-13H2,3-6H3/t15-,17+,18?,20-/m0/s1. The van der Waals surface area contributed by atoms with Crippen molar-refractivity contribution in [3.63, 3.8) is 0 Å². The van der Waals surface area contributed by atoms with E-state index < -0.39 is 11.7 Å². The zero-order chi connectivity index (χ0) is 16.5. The van der Waals surface area contributed by atoms with E-state index in [1.54, 1.807) is 0 Å². The summed E-state index contributed by atoms with van der Waals surface area (Å²) in [5, 5.41) is 10.2. The van der Waals surface area contributed by atoms with Gasteiger partial charge in [0, 0.05) is 0 Å². The molecule has 0 saturated heterocycles. The van der Waals surface area contributed by atoms with Crippen molar-refractivity contribution in [2.75, 3.05) is 6.61 Å². The van der Waals surface area contributed by atoms with Gasteiger partial charge < -0.3 is 9.84 Å². The van der Waals surface area contributed by atoms with Crippen LogP contribution in [0.15, 0.2) is 36.5 Å². The molecule has 1 aliphatic carbocycles. The zero-order valence-electron chi connectivity index (χ0n) is 14.7. The second kappa shape index (κ2) is 6.33. The number of ether oxygens (including phenoxy) is 1. The molecule has 0 aromatic heterocycles. The van der Waals surface area contributed by atoms with Crippen LogP contribution in [-0.2, 0) is 4.74 Å². The Morgan fingerprint density at radius 2 is 2.09 bits per heavy atom. The molecule has 0 radical (unpaired) electrons. The van der Waals surface area contributed by atoms with Crippen molar-refractivity contribution in [2.45, 2.75) is 65.1 Å². The fourth-order valence-corrected chi connectivity index (χ4v) is 3.93. The molecule has 0 aromatic rings. The Morgan fingerprint density at radius 3 is 2.68 bits per heavy atom. The topological polar surface area (TPSA) is 29.5 Å². The summed E-state index contributed by atoms with van der Waals surface area (Å²) in [6.07, 6.45) is 8.02. The van der Waals surface area contributed by atoms with E-state index in [0.717, 1.165) is 19.3 Å². The van der Waals surface area contributed by atoms with E-state index in [1.807, 2.05) is 13.8 Å². The predicted molar refractivity (Wildman–Crippen MR) is 92.7 cm³/mol. The van der Waals surface area contributed by atoms with E-state index >= 15 is 0 Å². The highest BCUT2D eigenvalue weighted by Crippen LogP contribution is 2.49. The van der Waals surface area contributed by atoms with Crippen LogP contribution in [0.3, 0.4) is 0 Å². The van der Waals surface area contributed by atoms with Crippen LogP contribution in [0.25, 0.3) is 0 Å². The SMILES string of the molecule is C=C[C@@]1(C)CC[C@H](C2=CCC(O)C(C)(C)OC2)C[C@@H]1C(=C)C. The van der Waals surface area contributed by atoms with Gasteiger partial charge in [-0.2, -0.15) is 0 Å². The van der Waals surface area contributed by atoms with E-state index in [4.69, 9.17) is 4.74 Å². The summed E-state index contributed by atoms with van der Waals surface area (Å²) in [5.41, 5.74) is 2.31. The van der Waals surface area contributed by atoms with E-state index in [-0.39, 0.29) is 5.41 Å². The minimum absolute atomic E-state index is 0.160. The van der Waals surface area contributed by atoms with Gasteiger partial charge in [0.2, 0.25) is 0 Å². The number of allylic oxidation sites excluding steroid dienone is 2. The molecule has 2 aliphatic rings. The zero-order valence-corrected chi connectivity index (χ0v) is 14.7. The molecule has 4 atom stereocenters. The summed E-state index contributed by atoms with van der Waals surface area (Å²) in [4.78, 5) is 0. The van der Waals surface area contributed by atoms with Crippen molar-refractivity contribution in [1.82, 2.24) is 0 Å². The molecule has 1 unspecified atom stereocenters. The van der Waals surface area contributed by atoms with Gasteiger partial charge in [-0.25, -0.2) is 0 Å². The van der Waals surface area contributed by atoms with Gasteiger partial charge >= 0.3 is 0 Å². The highest BCUT2D eigenvalue weighted by atomic mass is 16.5. The lowest BCUT2D eigenvalue weighted by atomic mass is 9.61. The lowest BCUT2D eigenvalue weighted by Crippen LogP contribution is -2.38. The lowest BCUT2D eigenvalue weighted by Gasteiger charge is -2.44. The third-order valence-corrected chi connectivity index (χ3v) is 5.95. The van der Waals surface area contributed by atoms with E-state index in [1.165, 1.54) is 11.1 Å². The average Bonchev–Trinajstić information content (AvgIpc) is 2.59. The lowest BCUT2D eigenvalue weighted by molar-refractivity contribution is -0.0881. The van der Waals surface area contributed by atoms with Crippen LogP contribution in [0.5, 0.6) is 0 Å². The maximum atomic E-state index is 10.2. The van der Waals surface area contributed by atoms with Crippen LogP contribution < -0.4 is 0 Å². The Balaban J connectivity index is 2.14. The van der Waals surface area contributed by atoms with Gasteiger partial charge in [0.15, 0.2) is 0 Å². The van der Waals surface area contributed by atoms with Crippen molar-refractivity contribution in [3.8, 4) is 0 Å². The van der Waals surface area contributed by atoms with Gasteiger partial charge in [0.05, 0.1) is 18.3 Å². The van der Waals surface area contributed by atoms with Crippen LogP contribution in [0.1, 0.15) is 53.4 Å². The number of aliphatic hydroxyl groups is 1. The molecule has 2 heteroatoms. The largest absolute Gasteiger partial charge is 0.390 e. The molecule has 0 bridgehead atoms. The number of hydrogen-bond donors (Lipinski definition) is 1. The first kappa shape index (κ1) is 17.5. The normalized spacial score (nSPS) is 38.8. The van der Waals surface area contributed by atoms with Gasteiger partial charge in [-0.1, -0.05) is 31.2 Å². The first-order valence-corrected chi connectivity index (χ1v) is 8.49. The molecule has 0 amide bonds. The molecule has 2 nitrogen and oxygen atoms in total.